The smallest absolute Gasteiger partial charge is 0.302 e. The van der Waals surface area contributed by atoms with Gasteiger partial charge in [-0.3, -0.25) is 9.59 Å². The number of hydrogen-bond acceptors (Lipinski definition) is 5. The largest absolute Gasteiger partial charge is 0.463 e. The summed E-state index contributed by atoms with van der Waals surface area (Å²) in [7, 11) is 0. The zero-order valence-corrected chi connectivity index (χ0v) is 18.5. The van der Waals surface area contributed by atoms with Gasteiger partial charge in [0.1, 0.15) is 17.8 Å². The fourth-order valence-electron chi connectivity index (χ4n) is 8.90. The fourth-order valence-corrected chi connectivity index (χ4v) is 8.90. The first-order valence-corrected chi connectivity index (χ1v) is 11.6. The molecule has 0 aromatic carbocycles. The minimum atomic E-state index is -0.173. The first kappa shape index (κ1) is 19.8. The van der Waals surface area contributed by atoms with Gasteiger partial charge in [0.2, 0.25) is 0 Å². The van der Waals surface area contributed by atoms with Gasteiger partial charge in [-0.05, 0) is 68.6 Å². The predicted molar refractivity (Wildman–Crippen MR) is 107 cm³/mol. The van der Waals surface area contributed by atoms with Crippen LogP contribution >= 0.6 is 0 Å². The molecule has 0 amide bonds. The van der Waals surface area contributed by atoms with Crippen LogP contribution < -0.4 is 0 Å². The normalized spacial score (nSPS) is 53.1. The lowest BCUT2D eigenvalue weighted by Gasteiger charge is -2.53. The first-order valence-electron chi connectivity index (χ1n) is 11.6. The fraction of sp³-hybridized carbons (Fsp3) is 0.917. The molecule has 0 radical (unpaired) electrons. The second-order valence-electron chi connectivity index (χ2n) is 11.2. The van der Waals surface area contributed by atoms with Crippen molar-refractivity contribution in [1.29, 1.82) is 0 Å². The summed E-state index contributed by atoms with van der Waals surface area (Å²) in [6.45, 7) is 10.0. The summed E-state index contributed by atoms with van der Waals surface area (Å²) < 4.78 is 17.8. The number of esters is 2. The number of fused-ring (bicyclic) bond motifs is 5. The van der Waals surface area contributed by atoms with Crippen molar-refractivity contribution in [2.24, 2.45) is 34.5 Å². The van der Waals surface area contributed by atoms with Crippen molar-refractivity contribution in [2.45, 2.75) is 103 Å². The van der Waals surface area contributed by atoms with E-state index in [1.807, 2.05) is 0 Å². The van der Waals surface area contributed by atoms with E-state index in [1.165, 1.54) is 33.1 Å². The summed E-state index contributed by atoms with van der Waals surface area (Å²) in [5.74, 6) is 2.05. The second-order valence-corrected chi connectivity index (χ2v) is 11.2. The Hall–Kier alpha value is -1.10. The Kier molecular flexibility index (Phi) is 4.25. The summed E-state index contributed by atoms with van der Waals surface area (Å²) in [6.07, 6.45) is 8.08. The van der Waals surface area contributed by atoms with Crippen LogP contribution in [-0.4, -0.2) is 35.9 Å². The maximum absolute atomic E-state index is 11.6. The van der Waals surface area contributed by atoms with E-state index in [-0.39, 0.29) is 40.6 Å². The molecule has 1 heterocycles. The van der Waals surface area contributed by atoms with Gasteiger partial charge in [0, 0.05) is 31.6 Å². The van der Waals surface area contributed by atoms with Crippen LogP contribution in [-0.2, 0) is 23.8 Å². The molecule has 5 aliphatic rings. The molecule has 4 saturated carbocycles. The highest BCUT2D eigenvalue weighted by atomic mass is 16.6. The maximum Gasteiger partial charge on any atom is 0.302 e. The Morgan fingerprint density at radius 3 is 2.45 bits per heavy atom. The summed E-state index contributed by atoms with van der Waals surface area (Å²) in [6, 6.07) is 0. The molecule has 0 bridgehead atoms. The molecule has 0 unspecified atom stereocenters. The topological polar surface area (TPSA) is 65.1 Å². The lowest BCUT2D eigenvalue weighted by atomic mass is 9.53. The van der Waals surface area contributed by atoms with Gasteiger partial charge in [0.25, 0.3) is 0 Å². The highest BCUT2D eigenvalue weighted by Crippen LogP contribution is 2.78. The summed E-state index contributed by atoms with van der Waals surface area (Å²) in [5, 5.41) is 0. The first-order chi connectivity index (χ1) is 13.6. The molecule has 29 heavy (non-hydrogen) atoms. The van der Waals surface area contributed by atoms with Crippen LogP contribution in [0.25, 0.3) is 0 Å². The number of hydrogen-bond donors (Lipinski definition) is 0. The maximum atomic E-state index is 11.6. The summed E-state index contributed by atoms with van der Waals surface area (Å²) in [4.78, 5) is 23.1. The number of carbonyl (C=O) groups is 2. The number of carbonyl (C=O) groups excluding carboxylic acids is 2. The van der Waals surface area contributed by atoms with Gasteiger partial charge >= 0.3 is 11.9 Å². The van der Waals surface area contributed by atoms with E-state index in [0.29, 0.717) is 29.8 Å². The van der Waals surface area contributed by atoms with Crippen LogP contribution in [0.2, 0.25) is 0 Å². The Bertz CT molecular complexity index is 735. The van der Waals surface area contributed by atoms with Gasteiger partial charge in [-0.1, -0.05) is 13.8 Å². The molecule has 0 N–H and O–H groups in total. The molecule has 1 aliphatic heterocycles. The van der Waals surface area contributed by atoms with Crippen LogP contribution in [0.5, 0.6) is 0 Å². The van der Waals surface area contributed by atoms with E-state index in [0.717, 1.165) is 25.7 Å². The van der Waals surface area contributed by atoms with Crippen LogP contribution in [0.3, 0.4) is 0 Å². The number of epoxide rings is 1. The highest BCUT2D eigenvalue weighted by molar-refractivity contribution is 5.66. The van der Waals surface area contributed by atoms with Crippen molar-refractivity contribution in [3.8, 4) is 0 Å². The molecule has 4 aliphatic carbocycles. The van der Waals surface area contributed by atoms with Gasteiger partial charge < -0.3 is 14.2 Å². The van der Waals surface area contributed by atoms with Gasteiger partial charge in [-0.2, -0.15) is 0 Å². The third-order valence-electron chi connectivity index (χ3n) is 10.0. The third-order valence-corrected chi connectivity index (χ3v) is 10.0. The van der Waals surface area contributed by atoms with Crippen molar-refractivity contribution in [2.75, 3.05) is 0 Å². The number of ether oxygens (including phenoxy) is 3. The van der Waals surface area contributed by atoms with Crippen LogP contribution in [0.1, 0.15) is 79.6 Å². The Labute approximate surface area is 174 Å². The average Bonchev–Trinajstić information content (AvgIpc) is 3.14. The summed E-state index contributed by atoms with van der Waals surface area (Å²) >= 11 is 0. The molecular formula is C24H36O5. The zero-order chi connectivity index (χ0) is 20.8. The standard InChI is InChI=1S/C24H36O5/c1-13(27-14(2)25)17-6-7-18-20-19(9-10-22(17,18)4)23(5)11-8-16(28-15(3)26)12-24(23)21(20)29-24/h13,16-21H,6-12H2,1-5H3/t13-,16+,17-,18+,19+,20+,21-,22-,23-,24-/m1/s1. The van der Waals surface area contributed by atoms with Crippen molar-refractivity contribution in [3.05, 3.63) is 0 Å². The van der Waals surface area contributed by atoms with E-state index in [4.69, 9.17) is 14.2 Å². The quantitative estimate of drug-likeness (QED) is 0.519. The van der Waals surface area contributed by atoms with Crippen LogP contribution in [0.15, 0.2) is 0 Å². The monoisotopic (exact) mass is 404 g/mol. The van der Waals surface area contributed by atoms with E-state index in [9.17, 15) is 9.59 Å². The molecule has 5 nitrogen and oxygen atoms in total. The van der Waals surface area contributed by atoms with Crippen molar-refractivity contribution < 1.29 is 23.8 Å². The Morgan fingerprint density at radius 1 is 1.00 bits per heavy atom. The van der Waals surface area contributed by atoms with Crippen molar-refractivity contribution >= 4 is 11.9 Å². The zero-order valence-electron chi connectivity index (χ0n) is 18.5. The van der Waals surface area contributed by atoms with E-state index in [1.54, 1.807) is 0 Å². The lowest BCUT2D eigenvalue weighted by molar-refractivity contribution is -0.157. The number of rotatable bonds is 3. The Balaban J connectivity index is 1.40. The van der Waals surface area contributed by atoms with E-state index in [2.05, 4.69) is 20.8 Å². The molecule has 5 fully saturated rings. The molecule has 0 aromatic rings. The highest BCUT2D eigenvalue weighted by Gasteiger charge is 2.82. The SMILES string of the molecule is CC(=O)O[C@H]1CC[C@]2(C)[C@H]3CC[C@]4(C)[C@@H]([C@@H](C)OC(C)=O)CC[C@H]4[C@@H]3[C@H]3O[C@]32C1. The van der Waals surface area contributed by atoms with Gasteiger partial charge in [0.05, 0.1) is 6.10 Å². The predicted octanol–water partition coefficient (Wildman–Crippen LogP) is 4.27. The third kappa shape index (κ3) is 2.55. The molecular weight excluding hydrogens is 368 g/mol. The average molecular weight is 405 g/mol. The van der Waals surface area contributed by atoms with Gasteiger partial charge in [0.15, 0.2) is 0 Å². The van der Waals surface area contributed by atoms with E-state index >= 15 is 0 Å². The van der Waals surface area contributed by atoms with Gasteiger partial charge in [-0.25, -0.2) is 0 Å². The minimum absolute atomic E-state index is 0.0115. The second kappa shape index (κ2) is 6.21. The van der Waals surface area contributed by atoms with Crippen LogP contribution in [0, 0.1) is 34.5 Å². The van der Waals surface area contributed by atoms with Gasteiger partial charge in [-0.15, -0.1) is 0 Å². The van der Waals surface area contributed by atoms with E-state index < -0.39 is 0 Å². The molecule has 1 saturated heterocycles. The molecule has 1 spiro atoms. The molecule has 5 rings (SSSR count). The molecule has 10 atom stereocenters. The molecule has 5 heteroatoms. The van der Waals surface area contributed by atoms with Crippen molar-refractivity contribution in [1.82, 2.24) is 0 Å². The van der Waals surface area contributed by atoms with Crippen molar-refractivity contribution in [3.63, 3.8) is 0 Å². The minimum Gasteiger partial charge on any atom is -0.463 e. The molecule has 0 aromatic heterocycles. The van der Waals surface area contributed by atoms with Crippen LogP contribution in [0.4, 0.5) is 0 Å². The Morgan fingerprint density at radius 2 is 1.76 bits per heavy atom. The molecule has 162 valence electrons. The summed E-state index contributed by atoms with van der Waals surface area (Å²) in [5.41, 5.74) is 0.355. The lowest BCUT2D eigenvalue weighted by Crippen LogP contribution is -2.50.